The van der Waals surface area contributed by atoms with Crippen molar-refractivity contribution in [1.82, 2.24) is 4.98 Å². The first-order valence-electron chi connectivity index (χ1n) is 4.98. The molecule has 0 aliphatic rings. The molecule has 0 radical (unpaired) electrons. The van der Waals surface area contributed by atoms with Crippen LogP contribution in [0.25, 0.3) is 0 Å². The third kappa shape index (κ3) is 3.96. The van der Waals surface area contributed by atoms with Crippen molar-refractivity contribution < 1.29 is 4.74 Å². The van der Waals surface area contributed by atoms with Crippen molar-refractivity contribution in [1.29, 1.82) is 5.26 Å². The zero-order chi connectivity index (χ0) is 11.1. The Hall–Kier alpha value is -1.60. The summed E-state index contributed by atoms with van der Waals surface area (Å²) < 4.78 is 5.37. The van der Waals surface area contributed by atoms with Crippen LogP contribution >= 0.6 is 0 Å². The van der Waals surface area contributed by atoms with E-state index in [1.165, 1.54) is 0 Å². The van der Waals surface area contributed by atoms with Crippen LogP contribution in [0.5, 0.6) is 0 Å². The van der Waals surface area contributed by atoms with Gasteiger partial charge in [-0.2, -0.15) is 5.26 Å². The SMILES string of the molecule is CCOC(C)CNc1ccc(C#N)nc1. The summed E-state index contributed by atoms with van der Waals surface area (Å²) in [7, 11) is 0. The fourth-order valence-corrected chi connectivity index (χ4v) is 1.17. The molecule has 1 heterocycles. The Labute approximate surface area is 89.9 Å². The number of pyridine rings is 1. The minimum absolute atomic E-state index is 0.172. The average Bonchev–Trinajstić information content (AvgIpc) is 2.27. The van der Waals surface area contributed by atoms with Crippen LogP contribution in [0.4, 0.5) is 5.69 Å². The minimum atomic E-state index is 0.172. The van der Waals surface area contributed by atoms with Crippen molar-refractivity contribution in [2.24, 2.45) is 0 Å². The van der Waals surface area contributed by atoms with Gasteiger partial charge in [-0.1, -0.05) is 0 Å². The lowest BCUT2D eigenvalue weighted by Gasteiger charge is -2.13. The maximum atomic E-state index is 8.56. The molecule has 0 aromatic carbocycles. The molecule has 1 aromatic heterocycles. The molecule has 0 saturated carbocycles. The molecular formula is C11H15N3O. The third-order valence-electron chi connectivity index (χ3n) is 1.92. The zero-order valence-corrected chi connectivity index (χ0v) is 9.03. The van der Waals surface area contributed by atoms with E-state index in [0.717, 1.165) is 12.2 Å². The predicted molar refractivity (Wildman–Crippen MR) is 58.5 cm³/mol. The van der Waals surface area contributed by atoms with Gasteiger partial charge in [0.15, 0.2) is 0 Å². The predicted octanol–water partition coefficient (Wildman–Crippen LogP) is 1.79. The summed E-state index contributed by atoms with van der Waals surface area (Å²) in [5.41, 5.74) is 1.33. The third-order valence-corrected chi connectivity index (χ3v) is 1.92. The first kappa shape index (κ1) is 11.5. The average molecular weight is 205 g/mol. The normalized spacial score (nSPS) is 11.8. The molecule has 1 atom stereocenters. The van der Waals surface area contributed by atoms with Crippen LogP contribution in [-0.4, -0.2) is 24.2 Å². The van der Waals surface area contributed by atoms with Gasteiger partial charge in [0.1, 0.15) is 11.8 Å². The Kier molecular flexibility index (Phi) is 4.58. The van der Waals surface area contributed by atoms with E-state index in [4.69, 9.17) is 10.00 Å². The molecule has 0 aliphatic heterocycles. The maximum absolute atomic E-state index is 8.56. The van der Waals surface area contributed by atoms with E-state index >= 15 is 0 Å². The van der Waals surface area contributed by atoms with Crippen LogP contribution in [-0.2, 0) is 4.74 Å². The van der Waals surface area contributed by atoms with E-state index in [-0.39, 0.29) is 6.10 Å². The number of nitriles is 1. The van der Waals surface area contributed by atoms with Crippen molar-refractivity contribution in [3.05, 3.63) is 24.0 Å². The van der Waals surface area contributed by atoms with Gasteiger partial charge in [-0.05, 0) is 26.0 Å². The van der Waals surface area contributed by atoms with Crippen molar-refractivity contribution in [2.75, 3.05) is 18.5 Å². The smallest absolute Gasteiger partial charge is 0.140 e. The van der Waals surface area contributed by atoms with Crippen LogP contribution in [0.15, 0.2) is 18.3 Å². The standard InChI is InChI=1S/C11H15N3O/c1-3-15-9(2)7-13-11-5-4-10(6-12)14-8-11/h4-5,8-9,13H,3,7H2,1-2H3. The van der Waals surface area contributed by atoms with Crippen molar-refractivity contribution in [3.8, 4) is 6.07 Å². The van der Waals surface area contributed by atoms with Crippen molar-refractivity contribution in [3.63, 3.8) is 0 Å². The molecule has 1 N–H and O–H groups in total. The highest BCUT2D eigenvalue weighted by Gasteiger charge is 2.00. The summed E-state index contributed by atoms with van der Waals surface area (Å²) in [6.07, 6.45) is 1.82. The monoisotopic (exact) mass is 205 g/mol. The highest BCUT2D eigenvalue weighted by molar-refractivity contribution is 5.42. The van der Waals surface area contributed by atoms with Crippen LogP contribution in [0.1, 0.15) is 19.5 Å². The van der Waals surface area contributed by atoms with Gasteiger partial charge in [0.05, 0.1) is 18.0 Å². The summed E-state index contributed by atoms with van der Waals surface area (Å²) in [6.45, 7) is 5.43. The molecular weight excluding hydrogens is 190 g/mol. The number of hydrogen-bond acceptors (Lipinski definition) is 4. The first-order valence-corrected chi connectivity index (χ1v) is 4.98. The van der Waals surface area contributed by atoms with E-state index in [1.807, 2.05) is 26.0 Å². The molecule has 1 unspecified atom stereocenters. The van der Waals surface area contributed by atoms with E-state index in [0.29, 0.717) is 12.3 Å². The molecule has 4 nitrogen and oxygen atoms in total. The van der Waals surface area contributed by atoms with Crippen LogP contribution in [0.2, 0.25) is 0 Å². The second-order valence-corrected chi connectivity index (χ2v) is 3.19. The second kappa shape index (κ2) is 5.99. The summed E-state index contributed by atoms with van der Waals surface area (Å²) in [5.74, 6) is 0. The quantitative estimate of drug-likeness (QED) is 0.796. The number of anilines is 1. The number of aromatic nitrogens is 1. The van der Waals surface area contributed by atoms with Gasteiger partial charge in [0.2, 0.25) is 0 Å². The molecule has 1 rings (SSSR count). The van der Waals surface area contributed by atoms with Gasteiger partial charge in [-0.15, -0.1) is 0 Å². The molecule has 0 bridgehead atoms. The van der Waals surface area contributed by atoms with Gasteiger partial charge in [-0.25, -0.2) is 4.98 Å². The van der Waals surface area contributed by atoms with E-state index < -0.39 is 0 Å². The van der Waals surface area contributed by atoms with E-state index in [9.17, 15) is 0 Å². The fraction of sp³-hybridized carbons (Fsp3) is 0.455. The van der Waals surface area contributed by atoms with Crippen LogP contribution in [0.3, 0.4) is 0 Å². The highest BCUT2D eigenvalue weighted by atomic mass is 16.5. The van der Waals surface area contributed by atoms with Gasteiger partial charge < -0.3 is 10.1 Å². The minimum Gasteiger partial charge on any atom is -0.381 e. The second-order valence-electron chi connectivity index (χ2n) is 3.19. The van der Waals surface area contributed by atoms with Gasteiger partial charge in [-0.3, -0.25) is 0 Å². The van der Waals surface area contributed by atoms with Gasteiger partial charge in [0.25, 0.3) is 0 Å². The summed E-state index contributed by atoms with van der Waals surface area (Å²) >= 11 is 0. The lowest BCUT2D eigenvalue weighted by atomic mass is 10.3. The zero-order valence-electron chi connectivity index (χ0n) is 9.03. The molecule has 0 amide bonds. The molecule has 0 spiro atoms. The molecule has 0 fully saturated rings. The van der Waals surface area contributed by atoms with Crippen LogP contribution in [0, 0.1) is 11.3 Å². The number of ether oxygens (including phenoxy) is 1. The Morgan fingerprint density at radius 2 is 2.40 bits per heavy atom. The van der Waals surface area contributed by atoms with Crippen molar-refractivity contribution >= 4 is 5.69 Å². The maximum Gasteiger partial charge on any atom is 0.140 e. The molecule has 0 aliphatic carbocycles. The van der Waals surface area contributed by atoms with Gasteiger partial charge in [0, 0.05) is 13.2 Å². The summed E-state index contributed by atoms with van der Waals surface area (Å²) in [4.78, 5) is 3.96. The molecule has 80 valence electrons. The topological polar surface area (TPSA) is 57.9 Å². The number of rotatable bonds is 5. The Morgan fingerprint density at radius 1 is 1.60 bits per heavy atom. The number of nitrogens with one attached hydrogen (secondary N) is 1. The Morgan fingerprint density at radius 3 is 2.93 bits per heavy atom. The van der Waals surface area contributed by atoms with Crippen LogP contribution < -0.4 is 5.32 Å². The number of hydrogen-bond donors (Lipinski definition) is 1. The van der Waals surface area contributed by atoms with Crippen molar-refractivity contribution in [2.45, 2.75) is 20.0 Å². The first-order chi connectivity index (χ1) is 7.26. The Balaban J connectivity index is 2.41. The van der Waals surface area contributed by atoms with E-state index in [1.54, 1.807) is 12.3 Å². The molecule has 1 aromatic rings. The molecule has 4 heteroatoms. The Bertz CT molecular complexity index is 329. The summed E-state index contributed by atoms with van der Waals surface area (Å²) in [5, 5.41) is 11.7. The lowest BCUT2D eigenvalue weighted by molar-refractivity contribution is 0.0855. The largest absolute Gasteiger partial charge is 0.381 e. The highest BCUT2D eigenvalue weighted by Crippen LogP contribution is 2.05. The molecule has 0 saturated heterocycles. The summed E-state index contributed by atoms with van der Waals surface area (Å²) in [6, 6.07) is 5.50. The fourth-order valence-electron chi connectivity index (χ4n) is 1.17. The lowest BCUT2D eigenvalue weighted by Crippen LogP contribution is -2.19. The van der Waals surface area contributed by atoms with E-state index in [2.05, 4.69) is 10.3 Å². The number of nitrogens with zero attached hydrogens (tertiary/aromatic N) is 2. The molecule has 15 heavy (non-hydrogen) atoms. The van der Waals surface area contributed by atoms with Gasteiger partial charge >= 0.3 is 0 Å².